The van der Waals surface area contributed by atoms with E-state index in [4.69, 9.17) is 0 Å². The van der Waals surface area contributed by atoms with Gasteiger partial charge in [0.25, 0.3) is 0 Å². The topological polar surface area (TPSA) is 24.9 Å². The third-order valence-electron chi connectivity index (χ3n) is 2.68. The van der Waals surface area contributed by atoms with Crippen molar-refractivity contribution >= 4 is 11.3 Å². The number of thiazole rings is 1. The van der Waals surface area contributed by atoms with Crippen LogP contribution in [-0.4, -0.2) is 12.0 Å². The molecule has 0 saturated carbocycles. The van der Waals surface area contributed by atoms with Gasteiger partial charge in [-0.05, 0) is 20.9 Å². The molecule has 2 nitrogen and oxygen atoms in total. The number of hydrogen-bond donors (Lipinski definition) is 1. The van der Waals surface area contributed by atoms with E-state index < -0.39 is 0 Å². The van der Waals surface area contributed by atoms with E-state index in [9.17, 15) is 0 Å². The van der Waals surface area contributed by atoms with Crippen LogP contribution in [0.25, 0.3) is 10.6 Å². The van der Waals surface area contributed by atoms with Crippen LogP contribution in [0, 0.1) is 6.92 Å². The minimum Gasteiger partial charge on any atom is -0.312 e. The van der Waals surface area contributed by atoms with E-state index in [-0.39, 0.29) is 0 Å². The molecule has 2 aromatic rings. The minimum absolute atomic E-state index is 0.372. The molecule has 0 spiro atoms. The highest BCUT2D eigenvalue weighted by Gasteiger charge is 2.08. The summed E-state index contributed by atoms with van der Waals surface area (Å²) in [6, 6.07) is 8.87. The summed E-state index contributed by atoms with van der Waals surface area (Å²) in [6.07, 6.45) is 1.96. The fourth-order valence-electron chi connectivity index (χ4n) is 1.46. The lowest BCUT2D eigenvalue weighted by Crippen LogP contribution is -2.10. The Bertz CT molecular complexity index is 459. The number of aromatic nitrogens is 1. The highest BCUT2D eigenvalue weighted by molar-refractivity contribution is 7.15. The zero-order valence-electron chi connectivity index (χ0n) is 9.82. The third-order valence-corrected chi connectivity index (χ3v) is 3.91. The molecule has 2 rings (SSSR count). The maximum absolute atomic E-state index is 4.46. The van der Waals surface area contributed by atoms with Gasteiger partial charge in [-0.1, -0.05) is 29.8 Å². The predicted octanol–water partition coefficient (Wildman–Crippen LogP) is 3.40. The molecule has 0 amide bonds. The van der Waals surface area contributed by atoms with Gasteiger partial charge in [-0.15, -0.1) is 11.3 Å². The summed E-state index contributed by atoms with van der Waals surface area (Å²) >= 11 is 1.75. The molecule has 0 fully saturated rings. The molecule has 0 aliphatic heterocycles. The first kappa shape index (κ1) is 11.3. The normalized spacial score (nSPS) is 12.7. The number of rotatable bonds is 3. The number of hydrogen-bond acceptors (Lipinski definition) is 3. The fraction of sp³-hybridized carbons (Fsp3) is 0.308. The molecule has 1 unspecified atom stereocenters. The molecule has 1 atom stereocenters. The summed E-state index contributed by atoms with van der Waals surface area (Å²) in [5.74, 6) is 0. The SMILES string of the molecule is CNC(C)c1cnc(-c2ccc(C)cc2)s1. The highest BCUT2D eigenvalue weighted by Crippen LogP contribution is 2.28. The van der Waals surface area contributed by atoms with Gasteiger partial charge >= 0.3 is 0 Å². The molecule has 16 heavy (non-hydrogen) atoms. The fourth-order valence-corrected chi connectivity index (χ4v) is 2.44. The number of aryl methyl sites for hydroxylation is 1. The van der Waals surface area contributed by atoms with Gasteiger partial charge in [0.2, 0.25) is 0 Å². The largest absolute Gasteiger partial charge is 0.312 e. The van der Waals surface area contributed by atoms with Crippen molar-refractivity contribution in [2.45, 2.75) is 19.9 Å². The lowest BCUT2D eigenvalue weighted by atomic mass is 10.2. The van der Waals surface area contributed by atoms with Crippen LogP contribution in [0.4, 0.5) is 0 Å². The van der Waals surface area contributed by atoms with E-state index in [0.717, 1.165) is 5.01 Å². The lowest BCUT2D eigenvalue weighted by molar-refractivity contribution is 0.662. The van der Waals surface area contributed by atoms with Gasteiger partial charge in [0, 0.05) is 22.7 Å². The molecular weight excluding hydrogens is 216 g/mol. The molecule has 84 valence electrons. The van der Waals surface area contributed by atoms with Gasteiger partial charge in [-0.25, -0.2) is 4.98 Å². The Morgan fingerprint density at radius 1 is 1.25 bits per heavy atom. The Morgan fingerprint density at radius 2 is 1.94 bits per heavy atom. The Morgan fingerprint density at radius 3 is 2.56 bits per heavy atom. The summed E-state index contributed by atoms with van der Waals surface area (Å²) in [6.45, 7) is 4.24. The zero-order chi connectivity index (χ0) is 11.5. The summed E-state index contributed by atoms with van der Waals surface area (Å²) in [7, 11) is 1.97. The monoisotopic (exact) mass is 232 g/mol. The van der Waals surface area contributed by atoms with E-state index in [1.807, 2.05) is 13.2 Å². The number of benzene rings is 1. The van der Waals surface area contributed by atoms with Gasteiger partial charge in [0.15, 0.2) is 0 Å². The van der Waals surface area contributed by atoms with Crippen molar-refractivity contribution in [2.24, 2.45) is 0 Å². The number of nitrogens with zero attached hydrogens (tertiary/aromatic N) is 1. The van der Waals surface area contributed by atoms with Gasteiger partial charge in [-0.2, -0.15) is 0 Å². The minimum atomic E-state index is 0.372. The van der Waals surface area contributed by atoms with Gasteiger partial charge in [0.05, 0.1) is 0 Å². The van der Waals surface area contributed by atoms with Crippen molar-refractivity contribution in [2.75, 3.05) is 7.05 Å². The van der Waals surface area contributed by atoms with Crippen molar-refractivity contribution in [3.63, 3.8) is 0 Å². The van der Waals surface area contributed by atoms with Crippen LogP contribution in [0.3, 0.4) is 0 Å². The summed E-state index contributed by atoms with van der Waals surface area (Å²) in [4.78, 5) is 5.74. The molecule has 1 N–H and O–H groups in total. The maximum Gasteiger partial charge on any atom is 0.123 e. The second-order valence-electron chi connectivity index (χ2n) is 3.94. The van der Waals surface area contributed by atoms with Crippen molar-refractivity contribution in [3.8, 4) is 10.6 Å². The van der Waals surface area contributed by atoms with Crippen LogP contribution in [0.5, 0.6) is 0 Å². The van der Waals surface area contributed by atoms with Crippen LogP contribution < -0.4 is 5.32 Å². The molecule has 0 aliphatic rings. The molecular formula is C13H16N2S. The smallest absolute Gasteiger partial charge is 0.123 e. The summed E-state index contributed by atoms with van der Waals surface area (Å²) in [5.41, 5.74) is 2.48. The Balaban J connectivity index is 2.28. The predicted molar refractivity (Wildman–Crippen MR) is 69.8 cm³/mol. The first-order valence-electron chi connectivity index (χ1n) is 5.40. The van der Waals surface area contributed by atoms with Crippen LogP contribution in [-0.2, 0) is 0 Å². The lowest BCUT2D eigenvalue weighted by Gasteiger charge is -2.04. The first-order chi connectivity index (χ1) is 7.70. The Hall–Kier alpha value is -1.19. The van der Waals surface area contributed by atoms with E-state index in [1.165, 1.54) is 16.0 Å². The van der Waals surface area contributed by atoms with Crippen molar-refractivity contribution in [1.82, 2.24) is 10.3 Å². The van der Waals surface area contributed by atoms with Gasteiger partial charge in [0.1, 0.15) is 5.01 Å². The Labute approximate surface area is 100 Å². The van der Waals surface area contributed by atoms with Gasteiger partial charge < -0.3 is 5.32 Å². The van der Waals surface area contributed by atoms with Crippen LogP contribution in [0.2, 0.25) is 0 Å². The average Bonchev–Trinajstić information content (AvgIpc) is 2.78. The second-order valence-corrected chi connectivity index (χ2v) is 5.01. The van der Waals surface area contributed by atoms with Crippen molar-refractivity contribution < 1.29 is 0 Å². The molecule has 0 aliphatic carbocycles. The van der Waals surface area contributed by atoms with Crippen LogP contribution in [0.1, 0.15) is 23.4 Å². The molecule has 0 bridgehead atoms. The highest BCUT2D eigenvalue weighted by atomic mass is 32.1. The van der Waals surface area contributed by atoms with Crippen LogP contribution >= 0.6 is 11.3 Å². The first-order valence-corrected chi connectivity index (χ1v) is 6.22. The molecule has 1 aromatic heterocycles. The zero-order valence-corrected chi connectivity index (χ0v) is 10.6. The van der Waals surface area contributed by atoms with Crippen molar-refractivity contribution in [3.05, 3.63) is 40.9 Å². The second kappa shape index (κ2) is 4.76. The average molecular weight is 232 g/mol. The number of nitrogens with one attached hydrogen (secondary N) is 1. The molecule has 0 saturated heterocycles. The third kappa shape index (κ3) is 2.31. The van der Waals surface area contributed by atoms with E-state index in [1.54, 1.807) is 11.3 Å². The maximum atomic E-state index is 4.46. The summed E-state index contributed by atoms with van der Waals surface area (Å²) in [5, 5.41) is 4.32. The quantitative estimate of drug-likeness (QED) is 0.877. The van der Waals surface area contributed by atoms with Gasteiger partial charge in [-0.3, -0.25) is 0 Å². The molecule has 1 aromatic carbocycles. The molecule has 1 heterocycles. The van der Waals surface area contributed by atoms with Crippen molar-refractivity contribution in [1.29, 1.82) is 0 Å². The summed E-state index contributed by atoms with van der Waals surface area (Å²) < 4.78 is 0. The van der Waals surface area contributed by atoms with E-state index in [2.05, 4.69) is 48.4 Å². The van der Waals surface area contributed by atoms with E-state index >= 15 is 0 Å². The van der Waals surface area contributed by atoms with E-state index in [0.29, 0.717) is 6.04 Å². The molecule has 3 heteroatoms. The molecule has 0 radical (unpaired) electrons. The standard InChI is InChI=1S/C13H16N2S/c1-9-4-6-11(7-5-9)13-15-8-12(16-13)10(2)14-3/h4-8,10,14H,1-3H3. The van der Waals surface area contributed by atoms with Crippen LogP contribution in [0.15, 0.2) is 30.5 Å². The Kier molecular flexibility index (Phi) is 3.36.